The molecule has 0 saturated carbocycles. The summed E-state index contributed by atoms with van der Waals surface area (Å²) in [5.74, 6) is 0.851. The van der Waals surface area contributed by atoms with Crippen molar-refractivity contribution in [1.82, 2.24) is 10.3 Å². The first-order chi connectivity index (χ1) is 12.2. The van der Waals surface area contributed by atoms with Gasteiger partial charge < -0.3 is 10.1 Å². The topological polar surface area (TPSA) is 34.1 Å². The maximum absolute atomic E-state index is 6.16. The molecule has 0 aliphatic heterocycles. The average Bonchev–Trinajstić information content (AvgIpc) is 2.62. The van der Waals surface area contributed by atoms with Gasteiger partial charge in [-0.25, -0.2) is 0 Å². The molecule has 0 fully saturated rings. The third-order valence-electron chi connectivity index (χ3n) is 3.87. The summed E-state index contributed by atoms with van der Waals surface area (Å²) in [7, 11) is 0. The van der Waals surface area contributed by atoms with Crippen LogP contribution in [0.15, 0.2) is 67.0 Å². The Kier molecular flexibility index (Phi) is 6.04. The van der Waals surface area contributed by atoms with Gasteiger partial charge in [-0.1, -0.05) is 47.5 Å². The molecule has 1 heterocycles. The first kappa shape index (κ1) is 17.5. The van der Waals surface area contributed by atoms with Crippen molar-refractivity contribution in [3.05, 3.63) is 94.3 Å². The number of nitrogens with one attached hydrogen (secondary N) is 1. The van der Waals surface area contributed by atoms with Crippen LogP contribution >= 0.6 is 11.6 Å². The molecule has 0 amide bonds. The minimum atomic E-state index is 0.541. The number of nitrogens with zero attached hydrogens (tertiary/aromatic N) is 1. The van der Waals surface area contributed by atoms with E-state index < -0.39 is 0 Å². The summed E-state index contributed by atoms with van der Waals surface area (Å²) in [4.78, 5) is 4.13. The van der Waals surface area contributed by atoms with Gasteiger partial charge in [-0.3, -0.25) is 4.98 Å². The van der Waals surface area contributed by atoms with E-state index in [-0.39, 0.29) is 0 Å². The van der Waals surface area contributed by atoms with Gasteiger partial charge in [-0.15, -0.1) is 0 Å². The molecular weight excluding hydrogens is 332 g/mol. The zero-order valence-electron chi connectivity index (χ0n) is 14.2. The lowest BCUT2D eigenvalue weighted by atomic mass is 10.1. The Morgan fingerprint density at radius 2 is 1.88 bits per heavy atom. The molecule has 3 nitrogen and oxygen atoms in total. The molecule has 4 heteroatoms. The maximum Gasteiger partial charge on any atom is 0.124 e. The molecular formula is C21H21ClN2O. The number of aromatic nitrogens is 1. The summed E-state index contributed by atoms with van der Waals surface area (Å²) >= 11 is 6.16. The predicted molar refractivity (Wildman–Crippen MR) is 102 cm³/mol. The van der Waals surface area contributed by atoms with E-state index in [4.69, 9.17) is 16.3 Å². The smallest absolute Gasteiger partial charge is 0.124 e. The van der Waals surface area contributed by atoms with Gasteiger partial charge in [0.25, 0.3) is 0 Å². The molecule has 0 atom stereocenters. The van der Waals surface area contributed by atoms with Crippen LogP contribution in [0.1, 0.15) is 22.3 Å². The van der Waals surface area contributed by atoms with Gasteiger partial charge in [0.05, 0.1) is 0 Å². The van der Waals surface area contributed by atoms with Crippen molar-refractivity contribution in [2.45, 2.75) is 26.6 Å². The highest BCUT2D eigenvalue weighted by Crippen LogP contribution is 2.24. The molecule has 0 aliphatic rings. The molecule has 0 bridgehead atoms. The second-order valence-electron chi connectivity index (χ2n) is 5.99. The molecule has 3 rings (SSSR count). The van der Waals surface area contributed by atoms with Gasteiger partial charge in [0.15, 0.2) is 0 Å². The van der Waals surface area contributed by atoms with Crippen LogP contribution in [0.5, 0.6) is 5.75 Å². The van der Waals surface area contributed by atoms with Crippen molar-refractivity contribution in [1.29, 1.82) is 0 Å². The molecule has 1 N–H and O–H groups in total. The van der Waals surface area contributed by atoms with Gasteiger partial charge in [0, 0.05) is 36.1 Å². The zero-order chi connectivity index (χ0) is 17.5. The minimum Gasteiger partial charge on any atom is -0.489 e. The van der Waals surface area contributed by atoms with Crippen LogP contribution in [0.2, 0.25) is 5.02 Å². The minimum absolute atomic E-state index is 0.541. The number of hydrogen-bond acceptors (Lipinski definition) is 3. The fraction of sp³-hybridized carbons (Fsp3) is 0.190. The number of rotatable bonds is 7. The summed E-state index contributed by atoms with van der Waals surface area (Å²) in [6.45, 7) is 4.05. The van der Waals surface area contributed by atoms with Gasteiger partial charge in [-0.2, -0.15) is 0 Å². The number of halogens is 1. The SMILES string of the molecule is Cc1cccc(COc2ccc(Cl)cc2CNCc2cccnc2)c1. The maximum atomic E-state index is 6.16. The van der Waals surface area contributed by atoms with Gasteiger partial charge in [0.1, 0.15) is 12.4 Å². The van der Waals surface area contributed by atoms with Crippen LogP contribution in [-0.2, 0) is 19.7 Å². The molecule has 0 spiro atoms. The van der Waals surface area contributed by atoms with Crippen LogP contribution in [0.3, 0.4) is 0 Å². The standard InChI is InChI=1S/C21H21ClN2O/c1-16-4-2-5-17(10-16)15-25-21-8-7-20(22)11-19(21)14-24-13-18-6-3-9-23-12-18/h2-12,24H,13-15H2,1H3. The Hall–Kier alpha value is -2.36. The highest BCUT2D eigenvalue weighted by molar-refractivity contribution is 6.30. The molecule has 0 aliphatic carbocycles. The van der Waals surface area contributed by atoms with Crippen molar-refractivity contribution in [2.24, 2.45) is 0 Å². The molecule has 0 radical (unpaired) electrons. The summed E-state index contributed by atoms with van der Waals surface area (Å²) in [6, 6.07) is 18.1. The van der Waals surface area contributed by atoms with E-state index in [2.05, 4.69) is 35.4 Å². The summed E-state index contributed by atoms with van der Waals surface area (Å²) in [5, 5.41) is 4.12. The third kappa shape index (κ3) is 5.31. The Labute approximate surface area is 153 Å². The number of aryl methyl sites for hydroxylation is 1. The first-order valence-corrected chi connectivity index (χ1v) is 8.65. The van der Waals surface area contributed by atoms with Gasteiger partial charge >= 0.3 is 0 Å². The zero-order valence-corrected chi connectivity index (χ0v) is 15.0. The normalized spacial score (nSPS) is 10.6. The molecule has 0 saturated heterocycles. The van der Waals surface area contributed by atoms with E-state index >= 15 is 0 Å². The van der Waals surface area contributed by atoms with Crippen molar-refractivity contribution < 1.29 is 4.74 Å². The lowest BCUT2D eigenvalue weighted by Gasteiger charge is -2.13. The lowest BCUT2D eigenvalue weighted by Crippen LogP contribution is -2.13. The Balaban J connectivity index is 1.63. The summed E-state index contributed by atoms with van der Waals surface area (Å²) in [5.41, 5.74) is 4.58. The molecule has 128 valence electrons. The highest BCUT2D eigenvalue weighted by atomic mass is 35.5. The summed E-state index contributed by atoms with van der Waals surface area (Å²) < 4.78 is 6.02. The van der Waals surface area contributed by atoms with Crippen molar-refractivity contribution in [3.63, 3.8) is 0 Å². The van der Waals surface area contributed by atoms with Crippen LogP contribution in [0, 0.1) is 6.92 Å². The highest BCUT2D eigenvalue weighted by Gasteiger charge is 2.06. The fourth-order valence-corrected chi connectivity index (χ4v) is 2.83. The van der Waals surface area contributed by atoms with E-state index in [9.17, 15) is 0 Å². The molecule has 1 aromatic heterocycles. The van der Waals surface area contributed by atoms with Gasteiger partial charge in [0.2, 0.25) is 0 Å². The third-order valence-corrected chi connectivity index (χ3v) is 4.10. The largest absolute Gasteiger partial charge is 0.489 e. The Bertz CT molecular complexity index is 821. The van der Waals surface area contributed by atoms with Crippen molar-refractivity contribution in [2.75, 3.05) is 0 Å². The monoisotopic (exact) mass is 352 g/mol. The Morgan fingerprint density at radius 1 is 1.00 bits per heavy atom. The first-order valence-electron chi connectivity index (χ1n) is 8.27. The van der Waals surface area contributed by atoms with E-state index in [0.717, 1.165) is 29.0 Å². The number of hydrogen-bond donors (Lipinski definition) is 1. The quantitative estimate of drug-likeness (QED) is 0.655. The van der Waals surface area contributed by atoms with Crippen LogP contribution in [0.4, 0.5) is 0 Å². The fourth-order valence-electron chi connectivity index (χ4n) is 2.63. The van der Waals surface area contributed by atoms with Gasteiger partial charge in [-0.05, 0) is 42.3 Å². The van der Waals surface area contributed by atoms with E-state index in [1.54, 1.807) is 6.20 Å². The van der Waals surface area contributed by atoms with E-state index in [1.807, 2.05) is 42.6 Å². The Morgan fingerprint density at radius 3 is 2.68 bits per heavy atom. The second-order valence-corrected chi connectivity index (χ2v) is 6.43. The number of pyridine rings is 1. The van der Waals surface area contributed by atoms with Crippen LogP contribution < -0.4 is 10.1 Å². The molecule has 0 unspecified atom stereocenters. The average molecular weight is 353 g/mol. The van der Waals surface area contributed by atoms with Crippen molar-refractivity contribution >= 4 is 11.6 Å². The van der Waals surface area contributed by atoms with Crippen LogP contribution in [0.25, 0.3) is 0 Å². The molecule has 25 heavy (non-hydrogen) atoms. The van der Waals surface area contributed by atoms with Crippen LogP contribution in [-0.4, -0.2) is 4.98 Å². The van der Waals surface area contributed by atoms with E-state index in [1.165, 1.54) is 5.56 Å². The summed E-state index contributed by atoms with van der Waals surface area (Å²) in [6.07, 6.45) is 3.64. The predicted octanol–water partition coefficient (Wildman–Crippen LogP) is 4.91. The number of benzene rings is 2. The van der Waals surface area contributed by atoms with E-state index in [0.29, 0.717) is 18.2 Å². The molecule has 3 aromatic rings. The lowest BCUT2D eigenvalue weighted by molar-refractivity contribution is 0.302. The molecule has 2 aromatic carbocycles. The second kappa shape index (κ2) is 8.65. The van der Waals surface area contributed by atoms with Crippen molar-refractivity contribution in [3.8, 4) is 5.75 Å². The number of ether oxygens (including phenoxy) is 1.